The van der Waals surface area contributed by atoms with E-state index in [1.165, 1.54) is 36.4 Å². The topological polar surface area (TPSA) is 95.6 Å². The number of rotatable bonds is 3. The Morgan fingerprint density at radius 1 is 1.38 bits per heavy atom. The number of nitro groups is 1. The van der Waals surface area contributed by atoms with Gasteiger partial charge in [-0.3, -0.25) is 10.1 Å². The Bertz CT molecular complexity index is 1040. The van der Waals surface area contributed by atoms with Crippen LogP contribution in [0.5, 0.6) is 0 Å². The van der Waals surface area contributed by atoms with Gasteiger partial charge in [-0.25, -0.2) is 9.37 Å². The minimum Gasteiger partial charge on any atom is -0.337 e. The number of benzene rings is 2. The quantitative estimate of drug-likeness (QED) is 0.435. The Balaban J connectivity index is 2.07. The Labute approximate surface area is 140 Å². The van der Waals surface area contributed by atoms with Crippen molar-refractivity contribution in [3.63, 3.8) is 0 Å². The summed E-state index contributed by atoms with van der Waals surface area (Å²) in [6, 6.07) is 10.2. The summed E-state index contributed by atoms with van der Waals surface area (Å²) in [4.78, 5) is 17.4. The largest absolute Gasteiger partial charge is 0.337 e. The minimum absolute atomic E-state index is 0.00914. The van der Waals surface area contributed by atoms with Crippen LogP contribution in [0.15, 0.2) is 36.4 Å². The first-order valence-electron chi connectivity index (χ1n) is 6.69. The summed E-state index contributed by atoms with van der Waals surface area (Å²) in [5.41, 5.74) is 1.29. The van der Waals surface area contributed by atoms with E-state index in [1.807, 2.05) is 6.07 Å². The molecule has 0 saturated heterocycles. The van der Waals surface area contributed by atoms with E-state index in [0.29, 0.717) is 16.6 Å². The van der Waals surface area contributed by atoms with Crippen LogP contribution in [0.3, 0.4) is 0 Å². The van der Waals surface area contributed by atoms with Gasteiger partial charge in [-0.1, -0.05) is 17.7 Å². The summed E-state index contributed by atoms with van der Waals surface area (Å²) in [6.45, 7) is 0. The summed E-state index contributed by atoms with van der Waals surface area (Å²) in [5.74, 6) is -0.177. The molecule has 1 heterocycles. The van der Waals surface area contributed by atoms with Crippen molar-refractivity contribution in [3.05, 3.63) is 68.7 Å². The molecule has 0 atom stereocenters. The second-order valence-electron chi connectivity index (χ2n) is 4.88. The van der Waals surface area contributed by atoms with E-state index in [9.17, 15) is 19.8 Å². The lowest BCUT2D eigenvalue weighted by atomic mass is 10.1. The highest BCUT2D eigenvalue weighted by Crippen LogP contribution is 2.27. The number of nitrogens with zero attached hydrogens (tertiary/aromatic N) is 3. The van der Waals surface area contributed by atoms with E-state index >= 15 is 0 Å². The molecule has 3 rings (SSSR count). The van der Waals surface area contributed by atoms with Crippen LogP contribution in [-0.4, -0.2) is 14.9 Å². The van der Waals surface area contributed by atoms with Gasteiger partial charge in [0.15, 0.2) is 0 Å². The van der Waals surface area contributed by atoms with E-state index in [-0.39, 0.29) is 22.1 Å². The Hall–Kier alpha value is -3.24. The molecule has 0 fully saturated rings. The normalized spacial score (nSPS) is 11.5. The van der Waals surface area contributed by atoms with Crippen LogP contribution < -0.4 is 0 Å². The number of nitrogens with one attached hydrogen (secondary N) is 1. The maximum atomic E-state index is 13.2. The molecule has 0 unspecified atom stereocenters. The predicted octanol–water partition coefficient (Wildman–Crippen LogP) is 4.33. The van der Waals surface area contributed by atoms with Crippen LogP contribution in [0.25, 0.3) is 22.7 Å². The summed E-state index contributed by atoms with van der Waals surface area (Å²) in [6.07, 6.45) is 1.44. The molecular weight excluding hydrogens is 335 g/mol. The molecule has 0 bridgehead atoms. The zero-order valence-electron chi connectivity index (χ0n) is 12.0. The fourth-order valence-electron chi connectivity index (χ4n) is 2.19. The van der Waals surface area contributed by atoms with Crippen LogP contribution in [0.2, 0.25) is 5.02 Å². The van der Waals surface area contributed by atoms with Crippen molar-refractivity contribution in [1.82, 2.24) is 9.97 Å². The van der Waals surface area contributed by atoms with Gasteiger partial charge in [-0.05, 0) is 35.9 Å². The molecule has 3 aromatic rings. The molecule has 0 aliphatic rings. The lowest BCUT2D eigenvalue weighted by molar-refractivity contribution is -0.384. The third-order valence-electron chi connectivity index (χ3n) is 3.30. The summed E-state index contributed by atoms with van der Waals surface area (Å²) >= 11 is 5.77. The monoisotopic (exact) mass is 342 g/mol. The van der Waals surface area contributed by atoms with E-state index < -0.39 is 10.7 Å². The fourth-order valence-corrected chi connectivity index (χ4v) is 2.38. The van der Waals surface area contributed by atoms with Gasteiger partial charge in [0.05, 0.1) is 21.5 Å². The van der Waals surface area contributed by atoms with Gasteiger partial charge in [0.25, 0.3) is 5.69 Å². The molecule has 6 nitrogen and oxygen atoms in total. The van der Waals surface area contributed by atoms with Gasteiger partial charge in [-0.15, -0.1) is 0 Å². The number of allylic oxidation sites excluding steroid dienone is 1. The molecule has 118 valence electrons. The van der Waals surface area contributed by atoms with Crippen molar-refractivity contribution < 1.29 is 9.31 Å². The van der Waals surface area contributed by atoms with Gasteiger partial charge in [0.1, 0.15) is 22.7 Å². The molecule has 24 heavy (non-hydrogen) atoms. The molecule has 0 aliphatic heterocycles. The molecule has 1 aromatic heterocycles. The lowest BCUT2D eigenvalue weighted by Gasteiger charge is -1.98. The van der Waals surface area contributed by atoms with Gasteiger partial charge in [0.2, 0.25) is 0 Å². The number of hydrogen-bond donors (Lipinski definition) is 1. The highest BCUT2D eigenvalue weighted by molar-refractivity contribution is 6.32. The second kappa shape index (κ2) is 6.10. The third-order valence-corrected chi connectivity index (χ3v) is 3.62. The first kappa shape index (κ1) is 15.6. The number of nitro benzene ring substituents is 1. The van der Waals surface area contributed by atoms with Crippen molar-refractivity contribution in [2.45, 2.75) is 0 Å². The van der Waals surface area contributed by atoms with E-state index in [2.05, 4.69) is 9.97 Å². The number of fused-ring (bicyclic) bond motifs is 1. The third kappa shape index (κ3) is 2.95. The van der Waals surface area contributed by atoms with Crippen molar-refractivity contribution in [3.8, 4) is 6.07 Å². The number of hydrogen-bond acceptors (Lipinski definition) is 4. The van der Waals surface area contributed by atoms with Crippen LogP contribution >= 0.6 is 11.6 Å². The maximum absolute atomic E-state index is 13.2. The van der Waals surface area contributed by atoms with E-state index in [4.69, 9.17) is 11.6 Å². The standard InChI is InChI=1S/C16H8ClFN4O2/c17-12-3-1-9(6-15(12)22(23)24)5-10(8-19)16-20-13-4-2-11(18)7-14(13)21-16/h1-7H,(H,20,21)/b10-5-. The molecule has 0 saturated carbocycles. The van der Waals surface area contributed by atoms with Crippen molar-refractivity contribution in [1.29, 1.82) is 5.26 Å². The number of aromatic amines is 1. The van der Waals surface area contributed by atoms with Crippen LogP contribution in [0, 0.1) is 27.3 Å². The average Bonchev–Trinajstić information content (AvgIpc) is 2.96. The molecule has 8 heteroatoms. The van der Waals surface area contributed by atoms with Crippen molar-refractivity contribution in [2.75, 3.05) is 0 Å². The van der Waals surface area contributed by atoms with E-state index in [0.717, 1.165) is 0 Å². The number of halogens is 2. The maximum Gasteiger partial charge on any atom is 0.288 e. The molecule has 2 aromatic carbocycles. The van der Waals surface area contributed by atoms with Crippen LogP contribution in [-0.2, 0) is 0 Å². The predicted molar refractivity (Wildman–Crippen MR) is 87.6 cm³/mol. The summed E-state index contributed by atoms with van der Waals surface area (Å²) in [5, 5.41) is 20.3. The zero-order valence-corrected chi connectivity index (χ0v) is 12.7. The van der Waals surface area contributed by atoms with Gasteiger partial charge >= 0.3 is 0 Å². The molecule has 1 N–H and O–H groups in total. The Kier molecular flexibility index (Phi) is 3.98. The highest BCUT2D eigenvalue weighted by atomic mass is 35.5. The molecule has 0 spiro atoms. The number of imidazole rings is 1. The highest BCUT2D eigenvalue weighted by Gasteiger charge is 2.13. The summed E-state index contributed by atoms with van der Waals surface area (Å²) in [7, 11) is 0. The van der Waals surface area contributed by atoms with Gasteiger partial charge < -0.3 is 4.98 Å². The molecular formula is C16H8ClFN4O2. The second-order valence-corrected chi connectivity index (χ2v) is 5.29. The summed E-state index contributed by atoms with van der Waals surface area (Å²) < 4.78 is 13.2. The first-order valence-corrected chi connectivity index (χ1v) is 7.07. The van der Waals surface area contributed by atoms with Crippen molar-refractivity contribution in [2.24, 2.45) is 0 Å². The zero-order chi connectivity index (χ0) is 17.3. The minimum atomic E-state index is -0.602. The number of nitriles is 1. The Morgan fingerprint density at radius 3 is 2.88 bits per heavy atom. The molecule has 0 amide bonds. The fraction of sp³-hybridized carbons (Fsp3) is 0. The molecule has 0 aliphatic carbocycles. The Morgan fingerprint density at radius 2 is 2.17 bits per heavy atom. The number of H-pyrrole nitrogens is 1. The van der Waals surface area contributed by atoms with Gasteiger partial charge in [0, 0.05) is 6.07 Å². The first-order chi connectivity index (χ1) is 11.5. The average molecular weight is 343 g/mol. The SMILES string of the molecule is N#C/C(=C/c1ccc(Cl)c([N+](=O)[O-])c1)c1nc2ccc(F)cc2[nH]1. The number of aromatic nitrogens is 2. The molecule has 0 radical (unpaired) electrons. The lowest BCUT2D eigenvalue weighted by Crippen LogP contribution is -1.90. The smallest absolute Gasteiger partial charge is 0.288 e. The van der Waals surface area contributed by atoms with Crippen LogP contribution in [0.4, 0.5) is 10.1 Å². The van der Waals surface area contributed by atoms with Gasteiger partial charge in [-0.2, -0.15) is 5.26 Å². The van der Waals surface area contributed by atoms with E-state index in [1.54, 1.807) is 6.07 Å². The van der Waals surface area contributed by atoms with Crippen LogP contribution in [0.1, 0.15) is 11.4 Å². The van der Waals surface area contributed by atoms with Crippen molar-refractivity contribution >= 4 is 40.0 Å².